The first-order chi connectivity index (χ1) is 10.4. The summed E-state index contributed by atoms with van der Waals surface area (Å²) in [5.74, 6) is 0.263. The maximum Gasteiger partial charge on any atom is 0.264 e. The van der Waals surface area contributed by atoms with Crippen molar-refractivity contribution in [1.29, 1.82) is 0 Å². The second-order valence-corrected chi connectivity index (χ2v) is 7.06. The molecule has 22 heavy (non-hydrogen) atoms. The summed E-state index contributed by atoms with van der Waals surface area (Å²) in [7, 11) is -2.12. The summed E-state index contributed by atoms with van der Waals surface area (Å²) in [6.45, 7) is 1.97. The Bertz CT molecular complexity index is 833. The number of aryl methyl sites for hydroxylation is 1. The topological polar surface area (TPSA) is 46.6 Å². The Morgan fingerprint density at radius 3 is 2.64 bits per heavy atom. The smallest absolute Gasteiger partial charge is 0.264 e. The average molecular weight is 321 g/mol. The fourth-order valence-corrected chi connectivity index (χ4v) is 4.46. The number of ether oxygens (including phenoxy) is 1. The van der Waals surface area contributed by atoms with E-state index in [9.17, 15) is 12.8 Å². The quantitative estimate of drug-likeness (QED) is 0.873. The number of methoxy groups -OCH3 is 1. The maximum absolute atomic E-state index is 13.2. The van der Waals surface area contributed by atoms with Crippen LogP contribution in [0.2, 0.25) is 0 Å². The molecule has 0 spiro atoms. The van der Waals surface area contributed by atoms with Crippen molar-refractivity contribution >= 4 is 15.7 Å². The molecule has 6 heteroatoms. The standard InChI is InChI=1S/C16H16FNO3S/c1-11-9-13(17)3-6-16(11)22(19,20)18-8-7-12-10-14(21-2)4-5-15(12)18/h3-6,9-10H,7-8H2,1-2H3. The van der Waals surface area contributed by atoms with E-state index in [2.05, 4.69) is 0 Å². The Hall–Kier alpha value is -2.08. The predicted molar refractivity (Wildman–Crippen MR) is 82.4 cm³/mol. The molecule has 3 rings (SSSR count). The van der Waals surface area contributed by atoms with Gasteiger partial charge in [-0.15, -0.1) is 0 Å². The minimum Gasteiger partial charge on any atom is -0.497 e. The molecule has 1 aliphatic heterocycles. The van der Waals surface area contributed by atoms with E-state index < -0.39 is 15.8 Å². The number of rotatable bonds is 3. The monoisotopic (exact) mass is 321 g/mol. The minimum atomic E-state index is -3.69. The van der Waals surface area contributed by atoms with Crippen LogP contribution in [0.25, 0.3) is 0 Å². The molecule has 0 N–H and O–H groups in total. The van der Waals surface area contributed by atoms with Gasteiger partial charge in [-0.1, -0.05) is 0 Å². The van der Waals surface area contributed by atoms with Gasteiger partial charge < -0.3 is 4.74 Å². The molecule has 2 aromatic carbocycles. The number of sulfonamides is 1. The molecule has 0 amide bonds. The highest BCUT2D eigenvalue weighted by atomic mass is 32.2. The Morgan fingerprint density at radius 2 is 1.95 bits per heavy atom. The third-order valence-electron chi connectivity index (χ3n) is 3.84. The average Bonchev–Trinajstić information content (AvgIpc) is 2.90. The number of hydrogen-bond acceptors (Lipinski definition) is 3. The molecule has 0 aliphatic carbocycles. The molecule has 4 nitrogen and oxygen atoms in total. The van der Waals surface area contributed by atoms with Crippen molar-refractivity contribution in [3.05, 3.63) is 53.3 Å². The van der Waals surface area contributed by atoms with Crippen LogP contribution in [0, 0.1) is 12.7 Å². The Labute approximate surface area is 129 Å². The van der Waals surface area contributed by atoms with E-state index in [0.29, 0.717) is 30.0 Å². The summed E-state index contributed by atoms with van der Waals surface area (Å²) >= 11 is 0. The van der Waals surface area contributed by atoms with Crippen molar-refractivity contribution in [1.82, 2.24) is 0 Å². The van der Waals surface area contributed by atoms with Gasteiger partial charge in [0, 0.05) is 6.54 Å². The molecule has 0 radical (unpaired) electrons. The minimum absolute atomic E-state index is 0.137. The van der Waals surface area contributed by atoms with Crippen LogP contribution in [0.15, 0.2) is 41.3 Å². The lowest BCUT2D eigenvalue weighted by Crippen LogP contribution is -2.29. The molecule has 1 heterocycles. The van der Waals surface area contributed by atoms with Crippen LogP contribution >= 0.6 is 0 Å². The van der Waals surface area contributed by atoms with Gasteiger partial charge in [0.05, 0.1) is 17.7 Å². The van der Waals surface area contributed by atoms with E-state index in [-0.39, 0.29) is 4.90 Å². The highest BCUT2D eigenvalue weighted by Gasteiger charge is 2.32. The molecule has 0 saturated heterocycles. The zero-order chi connectivity index (χ0) is 15.9. The van der Waals surface area contributed by atoms with E-state index in [0.717, 1.165) is 5.56 Å². The lowest BCUT2D eigenvalue weighted by Gasteiger charge is -2.21. The molecule has 0 unspecified atom stereocenters. The van der Waals surface area contributed by atoms with Crippen molar-refractivity contribution in [3.8, 4) is 5.75 Å². The van der Waals surface area contributed by atoms with Crippen molar-refractivity contribution in [2.24, 2.45) is 0 Å². The zero-order valence-corrected chi connectivity index (χ0v) is 13.2. The third-order valence-corrected chi connectivity index (χ3v) is 5.82. The molecule has 0 atom stereocenters. The SMILES string of the molecule is COc1ccc2c(c1)CCN2S(=O)(=O)c1ccc(F)cc1C. The number of fused-ring (bicyclic) bond motifs is 1. The van der Waals surface area contributed by atoms with Crippen LogP contribution in [0.4, 0.5) is 10.1 Å². The lowest BCUT2D eigenvalue weighted by atomic mass is 10.1. The van der Waals surface area contributed by atoms with Crippen molar-refractivity contribution < 1.29 is 17.5 Å². The van der Waals surface area contributed by atoms with Crippen LogP contribution in [-0.2, 0) is 16.4 Å². The molecule has 0 bridgehead atoms. The number of anilines is 1. The van der Waals surface area contributed by atoms with Gasteiger partial charge in [0.15, 0.2) is 0 Å². The maximum atomic E-state index is 13.2. The number of benzene rings is 2. The van der Waals surface area contributed by atoms with E-state index in [1.807, 2.05) is 6.07 Å². The number of hydrogen-bond donors (Lipinski definition) is 0. The fraction of sp³-hybridized carbons (Fsp3) is 0.250. The van der Waals surface area contributed by atoms with Gasteiger partial charge in [-0.2, -0.15) is 0 Å². The Morgan fingerprint density at radius 1 is 1.18 bits per heavy atom. The van der Waals surface area contributed by atoms with Gasteiger partial charge in [-0.25, -0.2) is 12.8 Å². The third kappa shape index (κ3) is 2.33. The van der Waals surface area contributed by atoms with E-state index in [1.54, 1.807) is 26.2 Å². The summed E-state index contributed by atoms with van der Waals surface area (Å²) in [4.78, 5) is 0.137. The number of halogens is 1. The zero-order valence-electron chi connectivity index (χ0n) is 12.3. The van der Waals surface area contributed by atoms with Crippen molar-refractivity contribution in [3.63, 3.8) is 0 Å². The van der Waals surface area contributed by atoms with Gasteiger partial charge in [-0.3, -0.25) is 4.31 Å². The first-order valence-electron chi connectivity index (χ1n) is 6.89. The highest BCUT2D eigenvalue weighted by Crippen LogP contribution is 2.35. The van der Waals surface area contributed by atoms with Gasteiger partial charge >= 0.3 is 0 Å². The van der Waals surface area contributed by atoms with Crippen LogP contribution in [0.3, 0.4) is 0 Å². The highest BCUT2D eigenvalue weighted by molar-refractivity contribution is 7.93. The largest absolute Gasteiger partial charge is 0.497 e. The molecular formula is C16H16FNO3S. The predicted octanol–water partition coefficient (Wildman–Crippen LogP) is 2.89. The summed E-state index contributed by atoms with van der Waals surface area (Å²) in [6, 6.07) is 9.06. The second-order valence-electron chi connectivity index (χ2n) is 5.23. The van der Waals surface area contributed by atoms with Crippen LogP contribution in [0.1, 0.15) is 11.1 Å². The second kappa shape index (κ2) is 5.28. The normalized spacial score (nSPS) is 14.0. The molecule has 2 aromatic rings. The summed E-state index contributed by atoms with van der Waals surface area (Å²) < 4.78 is 45.5. The summed E-state index contributed by atoms with van der Waals surface area (Å²) in [5, 5.41) is 0. The van der Waals surface area contributed by atoms with E-state index >= 15 is 0 Å². The Balaban J connectivity index is 2.06. The van der Waals surface area contributed by atoms with Gasteiger partial charge in [0.25, 0.3) is 10.0 Å². The fourth-order valence-electron chi connectivity index (χ4n) is 2.75. The van der Waals surface area contributed by atoms with Gasteiger partial charge in [0.1, 0.15) is 11.6 Å². The molecule has 0 fully saturated rings. The van der Waals surface area contributed by atoms with E-state index in [1.165, 1.54) is 22.5 Å². The van der Waals surface area contributed by atoms with Crippen molar-refractivity contribution in [2.45, 2.75) is 18.2 Å². The van der Waals surface area contributed by atoms with Gasteiger partial charge in [0.2, 0.25) is 0 Å². The molecule has 116 valence electrons. The molecular weight excluding hydrogens is 305 g/mol. The molecule has 0 aromatic heterocycles. The summed E-state index contributed by atoms with van der Waals surface area (Å²) in [6.07, 6.45) is 0.631. The van der Waals surface area contributed by atoms with Crippen molar-refractivity contribution in [2.75, 3.05) is 18.0 Å². The van der Waals surface area contributed by atoms with Gasteiger partial charge in [-0.05, 0) is 60.9 Å². The lowest BCUT2D eigenvalue weighted by molar-refractivity contribution is 0.414. The molecule has 1 aliphatic rings. The van der Waals surface area contributed by atoms with Crippen LogP contribution < -0.4 is 9.04 Å². The Kier molecular flexibility index (Phi) is 3.56. The first-order valence-corrected chi connectivity index (χ1v) is 8.33. The number of nitrogens with zero attached hydrogens (tertiary/aromatic N) is 1. The van der Waals surface area contributed by atoms with Crippen LogP contribution in [-0.4, -0.2) is 22.1 Å². The van der Waals surface area contributed by atoms with Crippen LogP contribution in [0.5, 0.6) is 5.75 Å². The molecule has 0 saturated carbocycles. The summed E-state index contributed by atoms with van der Waals surface area (Å²) in [5.41, 5.74) is 1.99. The first kappa shape index (κ1) is 14.8. The van der Waals surface area contributed by atoms with E-state index in [4.69, 9.17) is 4.74 Å².